The van der Waals surface area contributed by atoms with Crippen molar-refractivity contribution < 1.29 is 0 Å². The van der Waals surface area contributed by atoms with Gasteiger partial charge in [0.15, 0.2) is 0 Å². The number of benzene rings is 2. The quantitative estimate of drug-likeness (QED) is 0.597. The fourth-order valence-corrected chi connectivity index (χ4v) is 1.66. The van der Waals surface area contributed by atoms with Gasteiger partial charge in [0, 0.05) is 0 Å². The molecule has 1 atom stereocenters. The highest BCUT2D eigenvalue weighted by Gasteiger charge is 2.00. The standard InChI is InChI=1S/C11H10BrN/c12-11(13)10-6-5-8-3-1-2-4-9(8)7-10/h1-7,11H,13H2. The number of fused-ring (bicyclic) bond motifs is 1. The molecule has 0 fully saturated rings. The fraction of sp³-hybridized carbons (Fsp3) is 0.0909. The summed E-state index contributed by atoms with van der Waals surface area (Å²) in [5, 5.41) is 2.48. The summed E-state index contributed by atoms with van der Waals surface area (Å²) in [6, 6.07) is 14.5. The van der Waals surface area contributed by atoms with Gasteiger partial charge in [0.1, 0.15) is 0 Å². The Kier molecular flexibility index (Phi) is 2.34. The van der Waals surface area contributed by atoms with Gasteiger partial charge >= 0.3 is 0 Å². The van der Waals surface area contributed by atoms with Crippen molar-refractivity contribution in [3.63, 3.8) is 0 Å². The van der Waals surface area contributed by atoms with Crippen molar-refractivity contribution in [2.24, 2.45) is 5.73 Å². The van der Waals surface area contributed by atoms with Crippen LogP contribution in [0.25, 0.3) is 10.8 Å². The normalized spacial score (nSPS) is 13.1. The lowest BCUT2D eigenvalue weighted by Gasteiger charge is -2.04. The predicted octanol–water partition coefficient (Wildman–Crippen LogP) is 3.19. The fourth-order valence-electron chi connectivity index (χ4n) is 1.38. The lowest BCUT2D eigenvalue weighted by atomic mass is 10.1. The monoisotopic (exact) mass is 235 g/mol. The van der Waals surface area contributed by atoms with Crippen LogP contribution in [0.3, 0.4) is 0 Å². The van der Waals surface area contributed by atoms with Crippen LogP contribution in [0.4, 0.5) is 0 Å². The highest BCUT2D eigenvalue weighted by molar-refractivity contribution is 9.09. The molecule has 0 aliphatic heterocycles. The van der Waals surface area contributed by atoms with Gasteiger partial charge in [-0.15, -0.1) is 0 Å². The molecule has 13 heavy (non-hydrogen) atoms. The third kappa shape index (κ3) is 1.74. The maximum absolute atomic E-state index is 5.72. The van der Waals surface area contributed by atoms with E-state index in [-0.39, 0.29) is 4.95 Å². The number of nitrogens with two attached hydrogens (primary N) is 1. The molecule has 0 radical (unpaired) electrons. The minimum atomic E-state index is -0.0721. The molecule has 2 heteroatoms. The molecule has 1 nitrogen and oxygen atoms in total. The van der Waals surface area contributed by atoms with E-state index in [1.807, 2.05) is 18.2 Å². The summed E-state index contributed by atoms with van der Waals surface area (Å²) < 4.78 is 0. The first kappa shape index (κ1) is 8.73. The molecule has 0 spiro atoms. The second-order valence-electron chi connectivity index (χ2n) is 3.01. The summed E-state index contributed by atoms with van der Waals surface area (Å²) in [6.45, 7) is 0. The van der Waals surface area contributed by atoms with Crippen molar-refractivity contribution >= 4 is 26.7 Å². The van der Waals surface area contributed by atoms with Gasteiger partial charge in [0.05, 0.1) is 4.95 Å². The molecule has 2 N–H and O–H groups in total. The number of rotatable bonds is 1. The topological polar surface area (TPSA) is 26.0 Å². The van der Waals surface area contributed by atoms with Gasteiger partial charge in [0.25, 0.3) is 0 Å². The van der Waals surface area contributed by atoms with E-state index < -0.39 is 0 Å². The Bertz CT molecular complexity index is 423. The molecule has 0 bridgehead atoms. The molecule has 0 aromatic heterocycles. The zero-order valence-electron chi connectivity index (χ0n) is 7.07. The van der Waals surface area contributed by atoms with E-state index >= 15 is 0 Å². The first-order chi connectivity index (χ1) is 6.27. The van der Waals surface area contributed by atoms with Gasteiger partial charge < -0.3 is 5.73 Å². The summed E-state index contributed by atoms with van der Waals surface area (Å²) in [5.74, 6) is 0. The summed E-state index contributed by atoms with van der Waals surface area (Å²) in [7, 11) is 0. The second-order valence-corrected chi connectivity index (χ2v) is 3.99. The minimum absolute atomic E-state index is 0.0721. The number of alkyl halides is 1. The largest absolute Gasteiger partial charge is 0.315 e. The first-order valence-corrected chi connectivity index (χ1v) is 5.07. The third-order valence-corrected chi connectivity index (χ3v) is 2.62. The minimum Gasteiger partial charge on any atom is -0.315 e. The third-order valence-electron chi connectivity index (χ3n) is 2.09. The molecule has 2 aromatic rings. The average Bonchev–Trinajstić information content (AvgIpc) is 2.17. The van der Waals surface area contributed by atoms with Crippen LogP contribution in [0.2, 0.25) is 0 Å². The molecule has 0 amide bonds. The summed E-state index contributed by atoms with van der Waals surface area (Å²) in [5.41, 5.74) is 6.83. The van der Waals surface area contributed by atoms with E-state index in [4.69, 9.17) is 5.73 Å². The van der Waals surface area contributed by atoms with Crippen molar-refractivity contribution in [2.45, 2.75) is 4.95 Å². The van der Waals surface area contributed by atoms with Gasteiger partial charge in [-0.25, -0.2) is 0 Å². The maximum atomic E-state index is 5.72. The first-order valence-electron chi connectivity index (χ1n) is 4.16. The zero-order chi connectivity index (χ0) is 9.26. The molecule has 0 aliphatic rings. The maximum Gasteiger partial charge on any atom is 0.0861 e. The molecule has 2 aromatic carbocycles. The summed E-state index contributed by atoms with van der Waals surface area (Å²) in [6.07, 6.45) is 0. The van der Waals surface area contributed by atoms with Gasteiger partial charge in [0.2, 0.25) is 0 Å². The van der Waals surface area contributed by atoms with E-state index in [1.54, 1.807) is 0 Å². The molecule has 0 aliphatic carbocycles. The van der Waals surface area contributed by atoms with Crippen molar-refractivity contribution in [3.8, 4) is 0 Å². The van der Waals surface area contributed by atoms with Crippen LogP contribution in [0.15, 0.2) is 42.5 Å². The Morgan fingerprint density at radius 1 is 1.00 bits per heavy atom. The van der Waals surface area contributed by atoms with Crippen LogP contribution in [0.1, 0.15) is 10.5 Å². The Hall–Kier alpha value is -0.860. The van der Waals surface area contributed by atoms with Crippen molar-refractivity contribution in [2.75, 3.05) is 0 Å². The van der Waals surface area contributed by atoms with E-state index in [9.17, 15) is 0 Å². The number of hydrogen-bond acceptors (Lipinski definition) is 1. The van der Waals surface area contributed by atoms with Crippen LogP contribution in [-0.4, -0.2) is 0 Å². The van der Waals surface area contributed by atoms with Crippen LogP contribution in [0.5, 0.6) is 0 Å². The highest BCUT2D eigenvalue weighted by Crippen LogP contribution is 2.21. The number of halogens is 1. The molecule has 2 rings (SSSR count). The highest BCUT2D eigenvalue weighted by atomic mass is 79.9. The lowest BCUT2D eigenvalue weighted by molar-refractivity contribution is 1.06. The van der Waals surface area contributed by atoms with Crippen LogP contribution in [-0.2, 0) is 0 Å². The van der Waals surface area contributed by atoms with E-state index in [1.165, 1.54) is 10.8 Å². The van der Waals surface area contributed by atoms with Gasteiger partial charge in [-0.2, -0.15) is 0 Å². The predicted molar refractivity (Wildman–Crippen MR) is 59.8 cm³/mol. The zero-order valence-corrected chi connectivity index (χ0v) is 8.66. The average molecular weight is 236 g/mol. The van der Waals surface area contributed by atoms with E-state index in [2.05, 4.69) is 40.2 Å². The van der Waals surface area contributed by atoms with Crippen LogP contribution < -0.4 is 5.73 Å². The Morgan fingerprint density at radius 3 is 2.38 bits per heavy atom. The van der Waals surface area contributed by atoms with Crippen LogP contribution in [0, 0.1) is 0 Å². The summed E-state index contributed by atoms with van der Waals surface area (Å²) in [4.78, 5) is -0.0721. The number of hydrogen-bond donors (Lipinski definition) is 1. The van der Waals surface area contributed by atoms with Crippen molar-refractivity contribution in [1.29, 1.82) is 0 Å². The van der Waals surface area contributed by atoms with Crippen molar-refractivity contribution in [3.05, 3.63) is 48.0 Å². The molecule has 0 heterocycles. The molecular formula is C11H10BrN. The Labute approximate surface area is 85.7 Å². The molecule has 66 valence electrons. The van der Waals surface area contributed by atoms with E-state index in [0.717, 1.165) is 5.56 Å². The van der Waals surface area contributed by atoms with E-state index in [0.29, 0.717) is 0 Å². The smallest absolute Gasteiger partial charge is 0.0861 e. The van der Waals surface area contributed by atoms with Crippen LogP contribution >= 0.6 is 15.9 Å². The van der Waals surface area contributed by atoms with Crippen molar-refractivity contribution in [1.82, 2.24) is 0 Å². The lowest BCUT2D eigenvalue weighted by Crippen LogP contribution is -2.00. The molecular weight excluding hydrogens is 226 g/mol. The van der Waals surface area contributed by atoms with Gasteiger partial charge in [-0.05, 0) is 22.4 Å². The molecule has 0 saturated heterocycles. The second kappa shape index (κ2) is 3.48. The van der Waals surface area contributed by atoms with Gasteiger partial charge in [-0.1, -0.05) is 52.3 Å². The summed E-state index contributed by atoms with van der Waals surface area (Å²) >= 11 is 3.35. The molecule has 1 unspecified atom stereocenters. The molecule has 0 saturated carbocycles. The van der Waals surface area contributed by atoms with Gasteiger partial charge in [-0.3, -0.25) is 0 Å². The SMILES string of the molecule is NC(Br)c1ccc2ccccc2c1. The Balaban J connectivity index is 2.62. The Morgan fingerprint density at radius 2 is 1.69 bits per heavy atom.